The van der Waals surface area contributed by atoms with Gasteiger partial charge in [0.1, 0.15) is 0 Å². The first-order valence-electron chi connectivity index (χ1n) is 10.2. The number of nitriles is 1. The van der Waals surface area contributed by atoms with Gasteiger partial charge >= 0.3 is 0 Å². The first-order chi connectivity index (χ1) is 13.5. The minimum absolute atomic E-state index is 0.566. The van der Waals surface area contributed by atoms with E-state index in [1.807, 2.05) is 26.0 Å². The Labute approximate surface area is 170 Å². The summed E-state index contributed by atoms with van der Waals surface area (Å²) in [5.41, 5.74) is 7.93. The summed E-state index contributed by atoms with van der Waals surface area (Å²) in [6, 6.07) is 16.8. The van der Waals surface area contributed by atoms with Gasteiger partial charge in [0.15, 0.2) is 0 Å². The Hall–Kier alpha value is -2.79. The Morgan fingerprint density at radius 3 is 2.18 bits per heavy atom. The molecule has 2 nitrogen and oxygen atoms in total. The Morgan fingerprint density at radius 2 is 1.64 bits per heavy atom. The van der Waals surface area contributed by atoms with E-state index < -0.39 is 0 Å². The zero-order valence-electron chi connectivity index (χ0n) is 17.8. The number of hydrogen-bond donors (Lipinski definition) is 0. The molecule has 0 spiro atoms. The van der Waals surface area contributed by atoms with Gasteiger partial charge in [-0.25, -0.2) is 0 Å². The fourth-order valence-corrected chi connectivity index (χ4v) is 3.76. The van der Waals surface area contributed by atoms with E-state index >= 15 is 0 Å². The molecule has 2 aromatic rings. The largest absolute Gasteiger partial charge is 0.371 e. The highest BCUT2D eigenvalue weighted by molar-refractivity contribution is 5.71. The van der Waals surface area contributed by atoms with Crippen LogP contribution in [0.25, 0.3) is 11.3 Å². The van der Waals surface area contributed by atoms with E-state index in [0.717, 1.165) is 42.8 Å². The maximum absolute atomic E-state index is 8.94. The lowest BCUT2D eigenvalue weighted by Gasteiger charge is -2.35. The molecular weight excluding hydrogens is 340 g/mol. The predicted molar refractivity (Wildman–Crippen MR) is 121 cm³/mol. The van der Waals surface area contributed by atoms with Gasteiger partial charge in [-0.05, 0) is 73.1 Å². The van der Waals surface area contributed by atoms with E-state index in [1.165, 1.54) is 22.3 Å². The van der Waals surface area contributed by atoms with Gasteiger partial charge in [0.25, 0.3) is 0 Å². The molecule has 1 heterocycles. The molecule has 0 unspecified atom stereocenters. The van der Waals surface area contributed by atoms with Crippen LogP contribution in [-0.2, 0) is 0 Å². The van der Waals surface area contributed by atoms with Gasteiger partial charge in [-0.2, -0.15) is 5.26 Å². The SMILES string of the molecule is C=C(C)c1cc(C(=C)N2CCC(c3ccc(C#N)cc3)CC2)ccc1C.CC. The lowest BCUT2D eigenvalue weighted by atomic mass is 9.88. The molecule has 0 aromatic heterocycles. The molecule has 1 saturated heterocycles. The molecule has 0 radical (unpaired) electrons. The highest BCUT2D eigenvalue weighted by atomic mass is 15.1. The number of hydrogen-bond acceptors (Lipinski definition) is 2. The molecule has 0 bridgehead atoms. The van der Waals surface area contributed by atoms with Gasteiger partial charge < -0.3 is 4.90 Å². The molecule has 28 heavy (non-hydrogen) atoms. The first kappa shape index (κ1) is 21.5. The maximum Gasteiger partial charge on any atom is 0.0991 e. The van der Waals surface area contributed by atoms with Gasteiger partial charge in [-0.15, -0.1) is 0 Å². The van der Waals surface area contributed by atoms with Crippen LogP contribution in [0, 0.1) is 18.3 Å². The molecule has 1 fully saturated rings. The summed E-state index contributed by atoms with van der Waals surface area (Å²) < 4.78 is 0. The van der Waals surface area contributed by atoms with Gasteiger partial charge in [0, 0.05) is 18.8 Å². The Kier molecular flexibility index (Phi) is 7.64. The first-order valence-corrected chi connectivity index (χ1v) is 10.2. The lowest BCUT2D eigenvalue weighted by Crippen LogP contribution is -2.31. The molecule has 0 atom stereocenters. The minimum Gasteiger partial charge on any atom is -0.371 e. The third-order valence-corrected chi connectivity index (χ3v) is 5.42. The molecule has 0 aliphatic carbocycles. The van der Waals surface area contributed by atoms with Crippen molar-refractivity contribution in [2.75, 3.05) is 13.1 Å². The van der Waals surface area contributed by atoms with E-state index in [9.17, 15) is 0 Å². The number of piperidine rings is 1. The molecule has 3 rings (SSSR count). The van der Waals surface area contributed by atoms with Crippen molar-refractivity contribution in [1.82, 2.24) is 4.90 Å². The Bertz CT molecular complexity index is 860. The Balaban J connectivity index is 0.00000136. The summed E-state index contributed by atoms with van der Waals surface area (Å²) >= 11 is 0. The fraction of sp³-hybridized carbons (Fsp3) is 0.346. The molecule has 1 aliphatic rings. The van der Waals surface area contributed by atoms with Crippen LogP contribution in [0.15, 0.2) is 55.6 Å². The number of likely N-dealkylation sites (tertiary alicyclic amines) is 1. The maximum atomic E-state index is 8.94. The van der Waals surface area contributed by atoms with E-state index in [1.54, 1.807) is 0 Å². The second kappa shape index (κ2) is 9.95. The molecule has 2 aromatic carbocycles. The number of aryl methyl sites for hydroxylation is 1. The summed E-state index contributed by atoms with van der Waals surface area (Å²) in [7, 11) is 0. The van der Waals surface area contributed by atoms with Crippen molar-refractivity contribution in [2.24, 2.45) is 0 Å². The average Bonchev–Trinajstić information content (AvgIpc) is 2.75. The van der Waals surface area contributed by atoms with Gasteiger partial charge in [0.05, 0.1) is 11.6 Å². The molecule has 2 heteroatoms. The summed E-state index contributed by atoms with van der Waals surface area (Å²) in [6.45, 7) is 18.7. The third-order valence-electron chi connectivity index (χ3n) is 5.42. The van der Waals surface area contributed by atoms with Crippen molar-refractivity contribution in [3.63, 3.8) is 0 Å². The summed E-state index contributed by atoms with van der Waals surface area (Å²) in [4.78, 5) is 2.40. The van der Waals surface area contributed by atoms with E-state index in [-0.39, 0.29) is 0 Å². The van der Waals surface area contributed by atoms with Crippen LogP contribution in [0.1, 0.15) is 67.3 Å². The lowest BCUT2D eigenvalue weighted by molar-refractivity contribution is 0.299. The zero-order chi connectivity index (χ0) is 20.7. The summed E-state index contributed by atoms with van der Waals surface area (Å²) in [5.74, 6) is 0.566. The van der Waals surface area contributed by atoms with Crippen molar-refractivity contribution < 1.29 is 0 Å². The number of nitrogens with zero attached hydrogens (tertiary/aromatic N) is 2. The van der Waals surface area contributed by atoms with Crippen molar-refractivity contribution in [1.29, 1.82) is 5.26 Å². The standard InChI is InChI=1S/C24H26N2.C2H6/c1-17(2)24-15-23(8-5-18(24)3)19(4)26-13-11-22(12-14-26)21-9-6-20(16-25)7-10-21;1-2/h5-10,15,22H,1,4,11-14H2,2-3H3;1-2H3. The van der Waals surface area contributed by atoms with Crippen molar-refractivity contribution >= 4 is 11.3 Å². The molecule has 0 saturated carbocycles. The second-order valence-corrected chi connectivity index (χ2v) is 7.25. The van der Waals surface area contributed by atoms with Crippen LogP contribution in [-0.4, -0.2) is 18.0 Å². The summed E-state index contributed by atoms with van der Waals surface area (Å²) in [5, 5.41) is 8.94. The number of allylic oxidation sites excluding steroid dienone is 1. The topological polar surface area (TPSA) is 27.0 Å². The van der Waals surface area contributed by atoms with Crippen LogP contribution < -0.4 is 0 Å². The van der Waals surface area contributed by atoms with E-state index in [0.29, 0.717) is 5.92 Å². The summed E-state index contributed by atoms with van der Waals surface area (Å²) in [6.07, 6.45) is 2.23. The Morgan fingerprint density at radius 1 is 1.04 bits per heavy atom. The van der Waals surface area contributed by atoms with Crippen molar-refractivity contribution in [3.05, 3.63) is 83.4 Å². The number of benzene rings is 2. The molecule has 0 N–H and O–H groups in total. The van der Waals surface area contributed by atoms with Gasteiger partial charge in [-0.1, -0.05) is 56.8 Å². The number of rotatable bonds is 4. The van der Waals surface area contributed by atoms with Gasteiger partial charge in [0.2, 0.25) is 0 Å². The average molecular weight is 373 g/mol. The highest BCUT2D eigenvalue weighted by Crippen LogP contribution is 2.32. The minimum atomic E-state index is 0.566. The van der Waals surface area contributed by atoms with Crippen LogP contribution in [0.3, 0.4) is 0 Å². The highest BCUT2D eigenvalue weighted by Gasteiger charge is 2.22. The van der Waals surface area contributed by atoms with Crippen LogP contribution in [0.2, 0.25) is 0 Å². The second-order valence-electron chi connectivity index (χ2n) is 7.25. The monoisotopic (exact) mass is 372 g/mol. The smallest absolute Gasteiger partial charge is 0.0991 e. The normalized spacial score (nSPS) is 13.9. The predicted octanol–water partition coefficient (Wildman–Crippen LogP) is 6.78. The molecule has 146 valence electrons. The van der Waals surface area contributed by atoms with E-state index in [4.69, 9.17) is 5.26 Å². The zero-order valence-corrected chi connectivity index (χ0v) is 17.8. The molecular formula is C26H32N2. The van der Waals surface area contributed by atoms with Crippen molar-refractivity contribution in [3.8, 4) is 6.07 Å². The van der Waals surface area contributed by atoms with Crippen LogP contribution >= 0.6 is 0 Å². The third kappa shape index (κ3) is 4.93. The van der Waals surface area contributed by atoms with E-state index in [2.05, 4.69) is 68.3 Å². The molecule has 0 amide bonds. The quantitative estimate of drug-likeness (QED) is 0.591. The van der Waals surface area contributed by atoms with Crippen LogP contribution in [0.4, 0.5) is 0 Å². The fourth-order valence-electron chi connectivity index (χ4n) is 3.76. The van der Waals surface area contributed by atoms with Crippen LogP contribution in [0.5, 0.6) is 0 Å². The van der Waals surface area contributed by atoms with Gasteiger partial charge in [-0.3, -0.25) is 0 Å². The van der Waals surface area contributed by atoms with Crippen molar-refractivity contribution in [2.45, 2.75) is 46.5 Å². The molecule has 1 aliphatic heterocycles.